The van der Waals surface area contributed by atoms with Crippen LogP contribution in [0, 0.1) is 5.92 Å². The van der Waals surface area contributed by atoms with Gasteiger partial charge < -0.3 is 9.40 Å². The summed E-state index contributed by atoms with van der Waals surface area (Å²) in [7, 11) is 0. The van der Waals surface area contributed by atoms with E-state index in [1.165, 1.54) is 22.2 Å². The fourth-order valence-corrected chi connectivity index (χ4v) is 5.80. The Morgan fingerprint density at radius 3 is 3.04 bits per heavy atom. The number of thiophene rings is 1. The van der Waals surface area contributed by atoms with E-state index in [0.717, 1.165) is 40.8 Å². The van der Waals surface area contributed by atoms with Crippen molar-refractivity contribution in [1.29, 1.82) is 0 Å². The van der Waals surface area contributed by atoms with E-state index in [-0.39, 0.29) is 5.56 Å². The number of aryl methyl sites for hydroxylation is 1. The predicted octanol–water partition coefficient (Wildman–Crippen LogP) is 5.06. The number of benzene rings is 1. The number of oxazole rings is 1. The summed E-state index contributed by atoms with van der Waals surface area (Å²) < 4.78 is 5.84. The number of H-pyrrole nitrogens is 1. The van der Waals surface area contributed by atoms with E-state index >= 15 is 0 Å². The van der Waals surface area contributed by atoms with Crippen molar-refractivity contribution in [2.24, 2.45) is 5.92 Å². The molecule has 1 aliphatic carbocycles. The molecule has 5 rings (SSSR count). The van der Waals surface area contributed by atoms with Gasteiger partial charge in [0.2, 0.25) is 5.89 Å². The molecule has 0 aliphatic heterocycles. The summed E-state index contributed by atoms with van der Waals surface area (Å²) >= 11 is 3.11. The van der Waals surface area contributed by atoms with Crippen molar-refractivity contribution >= 4 is 33.3 Å². The molecular formula is C21H19N3O2S2. The Kier molecular flexibility index (Phi) is 4.56. The highest BCUT2D eigenvalue weighted by Crippen LogP contribution is 2.36. The van der Waals surface area contributed by atoms with Crippen molar-refractivity contribution in [3.8, 4) is 11.3 Å². The molecule has 142 valence electrons. The normalized spacial score (nSPS) is 16.4. The standard InChI is InChI=1S/C21H19N3O2S2/c1-12-7-8-14-16(9-12)28-20-18(14)19(25)23-21(24-20)27-11-17-22-10-15(26-17)13-5-3-2-4-6-13/h2-6,10,12H,7-9,11H2,1H3,(H,23,24,25)/t12-/m0/s1. The molecule has 0 bridgehead atoms. The summed E-state index contributed by atoms with van der Waals surface area (Å²) in [6.45, 7) is 2.27. The summed E-state index contributed by atoms with van der Waals surface area (Å²) in [5, 5.41) is 1.40. The smallest absolute Gasteiger partial charge is 0.260 e. The molecule has 0 saturated carbocycles. The lowest BCUT2D eigenvalue weighted by molar-refractivity contribution is 0.509. The minimum atomic E-state index is -0.0306. The van der Waals surface area contributed by atoms with Crippen molar-refractivity contribution in [1.82, 2.24) is 15.0 Å². The highest BCUT2D eigenvalue weighted by atomic mass is 32.2. The first kappa shape index (κ1) is 17.7. The lowest BCUT2D eigenvalue weighted by Crippen LogP contribution is -2.13. The second kappa shape index (κ2) is 7.22. The summed E-state index contributed by atoms with van der Waals surface area (Å²) in [5.74, 6) is 2.56. The Hall–Kier alpha value is -2.38. The predicted molar refractivity (Wildman–Crippen MR) is 113 cm³/mol. The number of thioether (sulfide) groups is 1. The molecule has 0 spiro atoms. The third-order valence-electron chi connectivity index (χ3n) is 5.09. The number of rotatable bonds is 4. The summed E-state index contributed by atoms with van der Waals surface area (Å²) in [5.41, 5.74) is 2.18. The summed E-state index contributed by atoms with van der Waals surface area (Å²) in [6, 6.07) is 9.89. The number of aromatic amines is 1. The molecule has 0 saturated heterocycles. The molecule has 5 nitrogen and oxygen atoms in total. The topological polar surface area (TPSA) is 71.8 Å². The monoisotopic (exact) mass is 409 g/mol. The van der Waals surface area contributed by atoms with Gasteiger partial charge in [-0.25, -0.2) is 9.97 Å². The SMILES string of the molecule is C[C@H]1CCc2c(sc3nc(SCc4ncc(-c5ccccc5)o4)[nH]c(=O)c23)C1. The number of hydrogen-bond acceptors (Lipinski definition) is 6. The quantitative estimate of drug-likeness (QED) is 0.377. The van der Waals surface area contributed by atoms with Gasteiger partial charge in [0.25, 0.3) is 5.56 Å². The second-order valence-electron chi connectivity index (χ2n) is 7.18. The van der Waals surface area contributed by atoms with Gasteiger partial charge in [0.15, 0.2) is 10.9 Å². The zero-order chi connectivity index (χ0) is 19.1. The molecule has 1 aliphatic rings. The molecule has 28 heavy (non-hydrogen) atoms. The molecule has 7 heteroatoms. The molecule has 1 aromatic carbocycles. The van der Waals surface area contributed by atoms with Crippen LogP contribution in [0.4, 0.5) is 0 Å². The minimum Gasteiger partial charge on any atom is -0.440 e. The molecule has 0 unspecified atom stereocenters. The zero-order valence-corrected chi connectivity index (χ0v) is 17.0. The highest BCUT2D eigenvalue weighted by Gasteiger charge is 2.23. The molecular weight excluding hydrogens is 390 g/mol. The van der Waals surface area contributed by atoms with Crippen LogP contribution in [0.2, 0.25) is 0 Å². The van der Waals surface area contributed by atoms with E-state index in [9.17, 15) is 4.79 Å². The van der Waals surface area contributed by atoms with Gasteiger partial charge in [0.1, 0.15) is 4.83 Å². The van der Waals surface area contributed by atoms with Crippen LogP contribution in [0.15, 0.2) is 50.9 Å². The maximum Gasteiger partial charge on any atom is 0.260 e. The second-order valence-corrected chi connectivity index (χ2v) is 9.22. The molecule has 3 aromatic heterocycles. The van der Waals surface area contributed by atoms with Crippen molar-refractivity contribution in [2.45, 2.75) is 37.1 Å². The van der Waals surface area contributed by atoms with Crippen molar-refractivity contribution in [3.63, 3.8) is 0 Å². The third-order valence-corrected chi connectivity index (χ3v) is 7.09. The van der Waals surface area contributed by atoms with Crippen LogP contribution in [-0.4, -0.2) is 15.0 Å². The molecule has 1 atom stereocenters. The Labute approximate surface area is 170 Å². The van der Waals surface area contributed by atoms with Crippen LogP contribution in [0.5, 0.6) is 0 Å². The molecule has 3 heterocycles. The largest absolute Gasteiger partial charge is 0.440 e. The van der Waals surface area contributed by atoms with Gasteiger partial charge in [-0.15, -0.1) is 11.3 Å². The van der Waals surface area contributed by atoms with Crippen molar-refractivity contribution < 1.29 is 4.42 Å². The molecule has 4 aromatic rings. The van der Waals surface area contributed by atoms with Crippen LogP contribution in [-0.2, 0) is 18.6 Å². The first-order chi connectivity index (χ1) is 13.7. The van der Waals surface area contributed by atoms with E-state index in [2.05, 4.69) is 16.9 Å². The highest BCUT2D eigenvalue weighted by molar-refractivity contribution is 7.98. The maximum absolute atomic E-state index is 12.7. The third kappa shape index (κ3) is 3.29. The van der Waals surface area contributed by atoms with Crippen LogP contribution in [0.3, 0.4) is 0 Å². The van der Waals surface area contributed by atoms with Crippen molar-refractivity contribution in [3.05, 3.63) is 63.2 Å². The van der Waals surface area contributed by atoms with Crippen LogP contribution >= 0.6 is 23.1 Å². The summed E-state index contributed by atoms with van der Waals surface area (Å²) in [4.78, 5) is 26.8. The van der Waals surface area contributed by atoms with E-state index in [0.29, 0.717) is 22.7 Å². The van der Waals surface area contributed by atoms with Gasteiger partial charge >= 0.3 is 0 Å². The first-order valence-electron chi connectivity index (χ1n) is 9.35. The number of nitrogens with one attached hydrogen (secondary N) is 1. The van der Waals surface area contributed by atoms with Crippen LogP contribution in [0.1, 0.15) is 29.7 Å². The first-order valence-corrected chi connectivity index (χ1v) is 11.1. The Bertz CT molecular complexity index is 1190. The average molecular weight is 410 g/mol. The van der Waals surface area contributed by atoms with E-state index < -0.39 is 0 Å². The van der Waals surface area contributed by atoms with Gasteiger partial charge in [-0.1, -0.05) is 49.0 Å². The van der Waals surface area contributed by atoms with E-state index in [1.807, 2.05) is 30.3 Å². The lowest BCUT2D eigenvalue weighted by atomic mass is 9.89. The average Bonchev–Trinajstić information content (AvgIpc) is 3.31. The molecule has 0 fully saturated rings. The maximum atomic E-state index is 12.7. The number of nitrogens with zero attached hydrogens (tertiary/aromatic N) is 2. The minimum absolute atomic E-state index is 0.0306. The Morgan fingerprint density at radius 2 is 2.18 bits per heavy atom. The van der Waals surface area contributed by atoms with Gasteiger partial charge in [0, 0.05) is 10.4 Å². The number of hydrogen-bond donors (Lipinski definition) is 1. The zero-order valence-electron chi connectivity index (χ0n) is 15.4. The number of fused-ring (bicyclic) bond motifs is 3. The van der Waals surface area contributed by atoms with E-state index in [4.69, 9.17) is 9.40 Å². The van der Waals surface area contributed by atoms with Crippen LogP contribution < -0.4 is 5.56 Å². The van der Waals surface area contributed by atoms with Gasteiger partial charge in [-0.3, -0.25) is 4.79 Å². The Balaban J connectivity index is 1.38. The number of aromatic nitrogens is 3. The van der Waals surface area contributed by atoms with Gasteiger partial charge in [0.05, 0.1) is 17.3 Å². The Morgan fingerprint density at radius 1 is 1.32 bits per heavy atom. The van der Waals surface area contributed by atoms with Gasteiger partial charge in [-0.2, -0.15) is 0 Å². The van der Waals surface area contributed by atoms with Crippen molar-refractivity contribution in [2.75, 3.05) is 0 Å². The van der Waals surface area contributed by atoms with E-state index in [1.54, 1.807) is 17.5 Å². The molecule has 0 amide bonds. The molecule has 1 N–H and O–H groups in total. The lowest BCUT2D eigenvalue weighted by Gasteiger charge is -2.17. The van der Waals surface area contributed by atoms with Crippen LogP contribution in [0.25, 0.3) is 21.5 Å². The fourth-order valence-electron chi connectivity index (χ4n) is 3.64. The van der Waals surface area contributed by atoms with Gasteiger partial charge in [-0.05, 0) is 30.7 Å². The fraction of sp³-hybridized carbons (Fsp3) is 0.286. The molecule has 0 radical (unpaired) electrons. The summed E-state index contributed by atoms with van der Waals surface area (Å²) in [6.07, 6.45) is 4.91.